The van der Waals surface area contributed by atoms with Crippen molar-refractivity contribution in [3.05, 3.63) is 137 Å². The van der Waals surface area contributed by atoms with Gasteiger partial charge in [-0.2, -0.15) is 0 Å². The average molecular weight is 528 g/mol. The van der Waals surface area contributed by atoms with Gasteiger partial charge in [0.1, 0.15) is 5.57 Å². The molecule has 2 N–H and O–H groups in total. The molecule has 4 aromatic rings. The highest BCUT2D eigenvalue weighted by Gasteiger charge is 2.42. The standard InChI is InChI=1S/C35H29NO4/c37-34(38)31(35(39)40)22-24-16-19-33-30(21-24)28-12-7-13-32(28)36(33)27-17-14-23(15-18-27)20-29(25-8-3-1-4-9-25)26-10-5-2-6-11-26/h1-6,8-11,14-22,28,32H,7,12-13H2,(H,37,38)(H,39,40). The third-order valence-corrected chi connectivity index (χ3v) is 7.95. The number of rotatable bonds is 7. The maximum Gasteiger partial charge on any atom is 0.343 e. The molecule has 5 heteroatoms. The predicted molar refractivity (Wildman–Crippen MR) is 159 cm³/mol. The van der Waals surface area contributed by atoms with Crippen molar-refractivity contribution in [1.29, 1.82) is 0 Å². The first kappa shape index (κ1) is 25.4. The van der Waals surface area contributed by atoms with Crippen LogP contribution in [0.5, 0.6) is 0 Å². The van der Waals surface area contributed by atoms with E-state index in [0.717, 1.165) is 41.8 Å². The minimum Gasteiger partial charge on any atom is -0.477 e. The van der Waals surface area contributed by atoms with Crippen molar-refractivity contribution in [2.75, 3.05) is 4.90 Å². The van der Waals surface area contributed by atoms with Crippen LogP contribution in [0, 0.1) is 0 Å². The number of nitrogens with zero attached hydrogens (tertiary/aromatic N) is 1. The van der Waals surface area contributed by atoms with Crippen LogP contribution < -0.4 is 4.90 Å². The van der Waals surface area contributed by atoms with Crippen LogP contribution in [0.4, 0.5) is 11.4 Å². The third-order valence-electron chi connectivity index (χ3n) is 7.95. The van der Waals surface area contributed by atoms with Crippen LogP contribution in [0.1, 0.15) is 53.0 Å². The zero-order valence-electron chi connectivity index (χ0n) is 21.9. The minimum atomic E-state index is -1.44. The summed E-state index contributed by atoms with van der Waals surface area (Å²) < 4.78 is 0. The summed E-state index contributed by atoms with van der Waals surface area (Å²) in [5.74, 6) is -2.54. The van der Waals surface area contributed by atoms with Gasteiger partial charge in [0.15, 0.2) is 0 Å². The number of carboxylic acids is 2. The topological polar surface area (TPSA) is 77.8 Å². The Bertz CT molecular complexity index is 1560. The van der Waals surface area contributed by atoms with Gasteiger partial charge in [-0.15, -0.1) is 0 Å². The van der Waals surface area contributed by atoms with Gasteiger partial charge in [0.2, 0.25) is 0 Å². The van der Waals surface area contributed by atoms with Crippen LogP contribution in [0.3, 0.4) is 0 Å². The molecule has 198 valence electrons. The van der Waals surface area contributed by atoms with E-state index in [2.05, 4.69) is 83.8 Å². The van der Waals surface area contributed by atoms with Gasteiger partial charge in [-0.1, -0.05) is 85.3 Å². The van der Waals surface area contributed by atoms with E-state index in [0.29, 0.717) is 17.5 Å². The Kier molecular flexibility index (Phi) is 6.79. The molecule has 4 aromatic carbocycles. The minimum absolute atomic E-state index is 0.332. The zero-order chi connectivity index (χ0) is 27.6. The van der Waals surface area contributed by atoms with E-state index in [1.54, 1.807) is 0 Å². The molecule has 1 saturated carbocycles. The molecule has 0 bridgehead atoms. The van der Waals surface area contributed by atoms with Gasteiger partial charge in [0, 0.05) is 23.3 Å². The number of aliphatic carboxylic acids is 2. The lowest BCUT2D eigenvalue weighted by Crippen LogP contribution is -2.26. The molecule has 1 aliphatic carbocycles. The second-order valence-electron chi connectivity index (χ2n) is 10.3. The lowest BCUT2D eigenvalue weighted by Gasteiger charge is -2.27. The first-order valence-electron chi connectivity index (χ1n) is 13.5. The van der Waals surface area contributed by atoms with Crippen molar-refractivity contribution in [1.82, 2.24) is 0 Å². The molecular weight excluding hydrogens is 498 g/mol. The number of benzene rings is 4. The van der Waals surface area contributed by atoms with E-state index in [1.165, 1.54) is 22.8 Å². The summed E-state index contributed by atoms with van der Waals surface area (Å²) in [7, 11) is 0. The number of hydrogen-bond donors (Lipinski definition) is 2. The Labute approximate surface area is 233 Å². The van der Waals surface area contributed by atoms with Crippen molar-refractivity contribution in [2.24, 2.45) is 0 Å². The zero-order valence-corrected chi connectivity index (χ0v) is 21.9. The van der Waals surface area contributed by atoms with E-state index < -0.39 is 17.5 Å². The van der Waals surface area contributed by atoms with Gasteiger partial charge in [-0.3, -0.25) is 0 Å². The van der Waals surface area contributed by atoms with Crippen molar-refractivity contribution in [2.45, 2.75) is 31.2 Å². The number of hydrogen-bond acceptors (Lipinski definition) is 3. The first-order chi connectivity index (χ1) is 19.5. The highest BCUT2D eigenvalue weighted by atomic mass is 16.4. The van der Waals surface area contributed by atoms with Crippen LogP contribution in [0.25, 0.3) is 17.7 Å². The smallest absolute Gasteiger partial charge is 0.343 e. The molecule has 6 rings (SSSR count). The lowest BCUT2D eigenvalue weighted by molar-refractivity contribution is -0.140. The molecule has 1 aliphatic heterocycles. The van der Waals surface area contributed by atoms with E-state index in [9.17, 15) is 19.8 Å². The first-order valence-corrected chi connectivity index (χ1v) is 13.5. The summed E-state index contributed by atoms with van der Waals surface area (Å²) in [6.45, 7) is 0. The van der Waals surface area contributed by atoms with Crippen molar-refractivity contribution >= 4 is 41.0 Å². The summed E-state index contributed by atoms with van der Waals surface area (Å²) in [4.78, 5) is 25.2. The maximum absolute atomic E-state index is 11.4. The summed E-state index contributed by atoms with van der Waals surface area (Å²) in [6, 6.07) is 35.6. The molecule has 5 nitrogen and oxygen atoms in total. The predicted octanol–water partition coefficient (Wildman–Crippen LogP) is 7.62. The molecule has 1 heterocycles. The number of carboxylic acid groups (broad SMARTS) is 2. The summed E-state index contributed by atoms with van der Waals surface area (Å²) in [5, 5.41) is 18.6. The summed E-state index contributed by atoms with van der Waals surface area (Å²) in [5.41, 5.74) is 7.96. The number of fused-ring (bicyclic) bond motifs is 3. The van der Waals surface area contributed by atoms with E-state index in [4.69, 9.17) is 0 Å². The van der Waals surface area contributed by atoms with Crippen molar-refractivity contribution in [3.8, 4) is 0 Å². The second kappa shape index (κ2) is 10.7. The third kappa shape index (κ3) is 4.82. The molecular formula is C35H29NO4. The SMILES string of the molecule is O=C(O)C(=Cc1ccc2c(c1)C1CCCC1N2c1ccc(C=C(c2ccccc2)c2ccccc2)cc1)C(=O)O. The molecule has 0 aromatic heterocycles. The molecule has 1 fully saturated rings. The van der Waals surface area contributed by atoms with E-state index in [-0.39, 0.29) is 0 Å². The number of anilines is 2. The van der Waals surface area contributed by atoms with Gasteiger partial charge >= 0.3 is 11.9 Å². The van der Waals surface area contributed by atoms with Crippen molar-refractivity contribution in [3.63, 3.8) is 0 Å². The fourth-order valence-electron chi connectivity index (χ4n) is 6.15. The van der Waals surface area contributed by atoms with Crippen LogP contribution in [0.2, 0.25) is 0 Å². The van der Waals surface area contributed by atoms with Crippen LogP contribution in [-0.4, -0.2) is 28.2 Å². The van der Waals surface area contributed by atoms with Crippen LogP contribution in [-0.2, 0) is 9.59 Å². The van der Waals surface area contributed by atoms with E-state index >= 15 is 0 Å². The van der Waals surface area contributed by atoms with Crippen molar-refractivity contribution < 1.29 is 19.8 Å². The highest BCUT2D eigenvalue weighted by molar-refractivity contribution is 6.16. The average Bonchev–Trinajstić information content (AvgIpc) is 3.57. The normalized spacial score (nSPS) is 17.1. The molecule has 0 spiro atoms. The maximum atomic E-state index is 11.4. The molecule has 0 saturated heterocycles. The largest absolute Gasteiger partial charge is 0.477 e. The Hall–Kier alpha value is -4.90. The summed E-state index contributed by atoms with van der Waals surface area (Å²) >= 11 is 0. The Morgan fingerprint density at radius 1 is 0.700 bits per heavy atom. The van der Waals surface area contributed by atoms with Gasteiger partial charge in [-0.05, 0) is 82.6 Å². The van der Waals surface area contributed by atoms with Gasteiger partial charge < -0.3 is 15.1 Å². The molecule has 0 amide bonds. The molecule has 2 aliphatic rings. The Morgan fingerprint density at radius 2 is 1.30 bits per heavy atom. The lowest BCUT2D eigenvalue weighted by atomic mass is 9.95. The molecule has 2 atom stereocenters. The fourth-order valence-corrected chi connectivity index (χ4v) is 6.15. The highest BCUT2D eigenvalue weighted by Crippen LogP contribution is 2.52. The second-order valence-corrected chi connectivity index (χ2v) is 10.3. The Morgan fingerprint density at radius 3 is 1.90 bits per heavy atom. The molecule has 0 radical (unpaired) electrons. The molecule has 2 unspecified atom stereocenters. The van der Waals surface area contributed by atoms with Gasteiger partial charge in [0.25, 0.3) is 0 Å². The molecule has 40 heavy (non-hydrogen) atoms. The number of carbonyl (C=O) groups is 2. The van der Waals surface area contributed by atoms with Crippen LogP contribution in [0.15, 0.2) is 109 Å². The van der Waals surface area contributed by atoms with Crippen LogP contribution >= 0.6 is 0 Å². The fraction of sp³-hybridized carbons (Fsp3) is 0.143. The summed E-state index contributed by atoms with van der Waals surface area (Å²) in [6.07, 6.45) is 6.74. The monoisotopic (exact) mass is 527 g/mol. The Balaban J connectivity index is 1.35. The van der Waals surface area contributed by atoms with Gasteiger partial charge in [-0.25, -0.2) is 9.59 Å². The van der Waals surface area contributed by atoms with Gasteiger partial charge in [0.05, 0.1) is 0 Å². The quantitative estimate of drug-likeness (QED) is 0.112. The van der Waals surface area contributed by atoms with E-state index in [1.807, 2.05) is 30.3 Å².